The summed E-state index contributed by atoms with van der Waals surface area (Å²) in [6.07, 6.45) is 1.90. The summed E-state index contributed by atoms with van der Waals surface area (Å²) in [6.45, 7) is 0.184. The number of hydrogen-bond acceptors (Lipinski definition) is 3. The molecular formula is C17H15F2N3O2. The molecule has 0 saturated carbocycles. The normalized spacial score (nSPS) is 18.1. The maximum absolute atomic E-state index is 13.8. The number of benzene rings is 1. The lowest BCUT2D eigenvalue weighted by atomic mass is 10.1. The summed E-state index contributed by atoms with van der Waals surface area (Å²) in [5.74, 6) is -2.25. The number of nitriles is 1. The number of piperazine rings is 1. The van der Waals surface area contributed by atoms with Crippen LogP contribution in [0.2, 0.25) is 0 Å². The molecule has 0 radical (unpaired) electrons. The van der Waals surface area contributed by atoms with Crippen LogP contribution in [0.4, 0.5) is 14.5 Å². The van der Waals surface area contributed by atoms with Crippen molar-refractivity contribution in [3.63, 3.8) is 0 Å². The van der Waals surface area contributed by atoms with E-state index in [1.807, 2.05) is 6.07 Å². The van der Waals surface area contributed by atoms with Gasteiger partial charge in [0.15, 0.2) is 0 Å². The van der Waals surface area contributed by atoms with E-state index in [-0.39, 0.29) is 31.2 Å². The Morgan fingerprint density at radius 3 is 2.67 bits per heavy atom. The van der Waals surface area contributed by atoms with Crippen LogP contribution in [0.25, 0.3) is 0 Å². The molecule has 2 aliphatic rings. The fraction of sp³-hybridized carbons (Fsp3) is 0.353. The summed E-state index contributed by atoms with van der Waals surface area (Å²) in [6, 6.07) is 5.07. The van der Waals surface area contributed by atoms with Gasteiger partial charge in [0.25, 0.3) is 5.91 Å². The van der Waals surface area contributed by atoms with Gasteiger partial charge in [0, 0.05) is 30.3 Å². The Balaban J connectivity index is 1.75. The topological polar surface area (TPSA) is 64.4 Å². The summed E-state index contributed by atoms with van der Waals surface area (Å²) in [7, 11) is 0. The molecule has 7 heteroatoms. The Morgan fingerprint density at radius 2 is 2.00 bits per heavy atom. The summed E-state index contributed by atoms with van der Waals surface area (Å²) in [4.78, 5) is 27.4. The maximum Gasteiger partial charge on any atom is 0.251 e. The monoisotopic (exact) mass is 331 g/mol. The van der Waals surface area contributed by atoms with Crippen LogP contribution in [0.5, 0.6) is 0 Å². The first-order valence-corrected chi connectivity index (χ1v) is 7.68. The lowest BCUT2D eigenvalue weighted by Gasteiger charge is -2.34. The molecule has 1 aromatic rings. The minimum atomic E-state index is -0.812. The summed E-state index contributed by atoms with van der Waals surface area (Å²) < 4.78 is 26.8. The van der Waals surface area contributed by atoms with Gasteiger partial charge in [0.05, 0.1) is 11.8 Å². The van der Waals surface area contributed by atoms with Crippen molar-refractivity contribution in [1.82, 2.24) is 4.90 Å². The van der Waals surface area contributed by atoms with Crippen molar-refractivity contribution < 1.29 is 18.4 Å². The molecule has 1 fully saturated rings. The standard InChI is InChI=1S/C17H15F2N3O2/c18-12-4-5-15(14(19)8-12)22-7-6-21(10-16(22)23)17(24)13-3-1-2-11(13)9-20/h4-5,8H,1-3,6-7,10H2. The van der Waals surface area contributed by atoms with Crippen molar-refractivity contribution >= 4 is 17.5 Å². The molecule has 1 aliphatic heterocycles. The van der Waals surface area contributed by atoms with E-state index in [0.29, 0.717) is 24.0 Å². The molecule has 0 unspecified atom stereocenters. The third-order valence-electron chi connectivity index (χ3n) is 4.32. The molecule has 5 nitrogen and oxygen atoms in total. The molecule has 1 aliphatic carbocycles. The third-order valence-corrected chi connectivity index (χ3v) is 4.32. The first-order valence-electron chi connectivity index (χ1n) is 7.68. The fourth-order valence-electron chi connectivity index (χ4n) is 3.10. The number of amides is 2. The van der Waals surface area contributed by atoms with Gasteiger partial charge in [-0.25, -0.2) is 8.78 Å². The molecule has 0 bridgehead atoms. The Bertz CT molecular complexity index is 783. The fourth-order valence-corrected chi connectivity index (χ4v) is 3.10. The van der Waals surface area contributed by atoms with Crippen LogP contribution in [0.1, 0.15) is 19.3 Å². The van der Waals surface area contributed by atoms with Gasteiger partial charge in [-0.05, 0) is 31.4 Å². The van der Waals surface area contributed by atoms with Gasteiger partial charge < -0.3 is 9.80 Å². The number of rotatable bonds is 2. The Kier molecular flexibility index (Phi) is 4.30. The molecule has 124 valence electrons. The highest BCUT2D eigenvalue weighted by Gasteiger charge is 2.32. The molecule has 0 spiro atoms. The van der Waals surface area contributed by atoms with Crippen molar-refractivity contribution in [2.75, 3.05) is 24.5 Å². The second-order valence-corrected chi connectivity index (χ2v) is 5.79. The van der Waals surface area contributed by atoms with E-state index < -0.39 is 17.5 Å². The molecule has 1 saturated heterocycles. The van der Waals surface area contributed by atoms with Crippen molar-refractivity contribution in [3.05, 3.63) is 41.0 Å². The quantitative estimate of drug-likeness (QED) is 0.834. The van der Waals surface area contributed by atoms with E-state index in [9.17, 15) is 18.4 Å². The van der Waals surface area contributed by atoms with Gasteiger partial charge in [0.1, 0.15) is 18.2 Å². The number of halogens is 2. The van der Waals surface area contributed by atoms with E-state index in [4.69, 9.17) is 5.26 Å². The van der Waals surface area contributed by atoms with Crippen LogP contribution >= 0.6 is 0 Å². The predicted octanol–water partition coefficient (Wildman–Crippen LogP) is 2.14. The highest BCUT2D eigenvalue weighted by molar-refractivity contribution is 6.02. The van der Waals surface area contributed by atoms with Gasteiger partial charge in [-0.1, -0.05) is 0 Å². The SMILES string of the molecule is N#CC1=C(C(=O)N2CCN(c3ccc(F)cc3F)C(=O)C2)CCC1. The lowest BCUT2D eigenvalue weighted by Crippen LogP contribution is -2.53. The second kappa shape index (κ2) is 6.40. The highest BCUT2D eigenvalue weighted by atomic mass is 19.1. The average Bonchev–Trinajstić information content (AvgIpc) is 3.03. The van der Waals surface area contributed by atoms with Crippen LogP contribution in [-0.4, -0.2) is 36.3 Å². The Morgan fingerprint density at radius 1 is 1.21 bits per heavy atom. The van der Waals surface area contributed by atoms with E-state index in [2.05, 4.69) is 0 Å². The summed E-state index contributed by atoms with van der Waals surface area (Å²) in [5.41, 5.74) is 0.970. The lowest BCUT2D eigenvalue weighted by molar-refractivity contribution is -0.134. The molecule has 24 heavy (non-hydrogen) atoms. The summed E-state index contributed by atoms with van der Waals surface area (Å²) in [5, 5.41) is 9.05. The van der Waals surface area contributed by atoms with Crippen LogP contribution in [0.3, 0.4) is 0 Å². The number of anilines is 1. The maximum atomic E-state index is 13.8. The van der Waals surface area contributed by atoms with Gasteiger partial charge in [0.2, 0.25) is 5.91 Å². The van der Waals surface area contributed by atoms with Gasteiger partial charge in [-0.3, -0.25) is 9.59 Å². The van der Waals surface area contributed by atoms with Crippen molar-refractivity contribution in [1.29, 1.82) is 5.26 Å². The smallest absolute Gasteiger partial charge is 0.251 e. The molecule has 0 atom stereocenters. The average molecular weight is 331 g/mol. The largest absolute Gasteiger partial charge is 0.328 e. The Labute approximate surface area is 137 Å². The zero-order valence-electron chi connectivity index (χ0n) is 12.9. The Hall–Kier alpha value is -2.75. The molecule has 0 aromatic heterocycles. The van der Waals surface area contributed by atoms with Crippen LogP contribution in [-0.2, 0) is 9.59 Å². The number of allylic oxidation sites excluding steroid dienone is 1. The summed E-state index contributed by atoms with van der Waals surface area (Å²) >= 11 is 0. The third kappa shape index (κ3) is 2.87. The molecule has 2 amide bonds. The first kappa shape index (κ1) is 16.1. The van der Waals surface area contributed by atoms with Crippen LogP contribution in [0, 0.1) is 23.0 Å². The van der Waals surface area contributed by atoms with Gasteiger partial charge >= 0.3 is 0 Å². The van der Waals surface area contributed by atoms with E-state index in [1.165, 1.54) is 15.9 Å². The zero-order valence-corrected chi connectivity index (χ0v) is 12.9. The van der Waals surface area contributed by atoms with Crippen LogP contribution < -0.4 is 4.90 Å². The van der Waals surface area contributed by atoms with Crippen molar-refractivity contribution in [3.8, 4) is 6.07 Å². The van der Waals surface area contributed by atoms with Gasteiger partial charge in [-0.2, -0.15) is 5.26 Å². The second-order valence-electron chi connectivity index (χ2n) is 5.79. The first-order chi connectivity index (χ1) is 11.5. The molecule has 0 N–H and O–H groups in total. The minimum Gasteiger partial charge on any atom is -0.328 e. The van der Waals surface area contributed by atoms with Crippen LogP contribution in [0.15, 0.2) is 29.3 Å². The number of carbonyl (C=O) groups excluding carboxylic acids is 2. The van der Waals surface area contributed by atoms with Crippen molar-refractivity contribution in [2.45, 2.75) is 19.3 Å². The number of nitrogens with zero attached hydrogens (tertiary/aromatic N) is 3. The van der Waals surface area contributed by atoms with E-state index >= 15 is 0 Å². The molecule has 3 rings (SSSR count). The predicted molar refractivity (Wildman–Crippen MR) is 81.8 cm³/mol. The van der Waals surface area contributed by atoms with Gasteiger partial charge in [-0.15, -0.1) is 0 Å². The van der Waals surface area contributed by atoms with E-state index in [1.54, 1.807) is 0 Å². The minimum absolute atomic E-state index is 0.00583. The van der Waals surface area contributed by atoms with E-state index in [0.717, 1.165) is 18.6 Å². The zero-order chi connectivity index (χ0) is 17.3. The number of hydrogen-bond donors (Lipinski definition) is 0. The molecule has 1 heterocycles. The molecular weight excluding hydrogens is 316 g/mol. The van der Waals surface area contributed by atoms with Crippen molar-refractivity contribution in [2.24, 2.45) is 0 Å². The molecule has 1 aromatic carbocycles. The number of carbonyl (C=O) groups is 2. The highest BCUT2D eigenvalue weighted by Crippen LogP contribution is 2.28.